The topological polar surface area (TPSA) is 36.9 Å². The number of ether oxygens (including phenoxy) is 4. The molecule has 1 saturated carbocycles. The summed E-state index contributed by atoms with van der Waals surface area (Å²) in [6.07, 6.45) is -5.27. The van der Waals surface area contributed by atoms with Crippen LogP contribution in [0.15, 0.2) is 24.3 Å². The van der Waals surface area contributed by atoms with Gasteiger partial charge in [0.2, 0.25) is 0 Å². The van der Waals surface area contributed by atoms with E-state index in [-0.39, 0.29) is 11.8 Å². The lowest BCUT2D eigenvalue weighted by molar-refractivity contribution is -0.432. The number of fused-ring (bicyclic) bond motifs is 2. The molecule has 3 fully saturated rings. The van der Waals surface area contributed by atoms with Crippen molar-refractivity contribution in [3.8, 4) is 0 Å². The fourth-order valence-electron chi connectivity index (χ4n) is 6.06. The van der Waals surface area contributed by atoms with Crippen molar-refractivity contribution in [2.75, 3.05) is 13.2 Å². The number of halogens is 9. The maximum absolute atomic E-state index is 14.9. The Balaban J connectivity index is 1.26. The van der Waals surface area contributed by atoms with Crippen molar-refractivity contribution >= 4 is 12.2 Å². The molecule has 42 heavy (non-hydrogen) atoms. The first-order valence-electron chi connectivity index (χ1n) is 13.5. The van der Waals surface area contributed by atoms with E-state index in [1.54, 1.807) is 0 Å². The highest BCUT2D eigenvalue weighted by Crippen LogP contribution is 2.52. The van der Waals surface area contributed by atoms with Gasteiger partial charge in [-0.25, -0.2) is 22.3 Å². The Morgan fingerprint density at radius 3 is 1.93 bits per heavy atom. The van der Waals surface area contributed by atoms with E-state index in [1.165, 1.54) is 0 Å². The van der Waals surface area contributed by atoms with Gasteiger partial charge in [0.15, 0.2) is 0 Å². The lowest BCUT2D eigenvalue weighted by Crippen LogP contribution is -2.42. The highest BCUT2D eigenvalue weighted by molar-refractivity contribution is 5.70. The monoisotopic (exact) mass is 610 g/mol. The van der Waals surface area contributed by atoms with Gasteiger partial charge in [-0.3, -0.25) is 0 Å². The molecule has 0 atom stereocenters. The fourth-order valence-corrected chi connectivity index (χ4v) is 6.06. The molecular weight excluding hydrogens is 583 g/mol. The van der Waals surface area contributed by atoms with E-state index < -0.39 is 64.0 Å². The van der Waals surface area contributed by atoms with Gasteiger partial charge in [0.1, 0.15) is 34.4 Å². The van der Waals surface area contributed by atoms with Crippen LogP contribution >= 0.6 is 0 Å². The Hall–Kier alpha value is -2.61. The molecule has 0 spiro atoms. The number of rotatable bonds is 8. The summed E-state index contributed by atoms with van der Waals surface area (Å²) in [5.74, 6) is -7.26. The third kappa shape index (κ3) is 6.06. The molecule has 0 amide bonds. The van der Waals surface area contributed by atoms with Crippen LogP contribution in [-0.4, -0.2) is 31.2 Å². The van der Waals surface area contributed by atoms with Crippen molar-refractivity contribution in [2.24, 2.45) is 5.92 Å². The van der Waals surface area contributed by atoms with Crippen LogP contribution in [0.5, 0.6) is 0 Å². The molecule has 230 valence electrons. The normalized spacial score (nSPS) is 28.2. The summed E-state index contributed by atoms with van der Waals surface area (Å²) >= 11 is 0. The standard InChI is InChI=1S/C29H27F9O4/c1-2-9-26-14-39-28(41-26,40-15-26)19-6-4-17(5-7-19)18-12-21(30)20(22(31)13-18)8-3-16-10-23(32)25(24(33)11-16)27(34,35)42-29(36,37)38/h3,8,10-13,17,19H,2,4-7,9,14-15H2,1H3. The fraction of sp³-hybridized carbons (Fsp3) is 0.517. The third-order valence-corrected chi connectivity index (χ3v) is 7.98. The quantitative estimate of drug-likeness (QED) is 0.222. The van der Waals surface area contributed by atoms with Crippen molar-refractivity contribution in [2.45, 2.75) is 75.4 Å². The molecule has 2 aromatic carbocycles. The molecule has 3 aliphatic rings. The molecule has 5 rings (SSSR count). The van der Waals surface area contributed by atoms with E-state index in [2.05, 4.69) is 11.7 Å². The summed E-state index contributed by atoms with van der Waals surface area (Å²) in [6.45, 7) is 2.99. The number of benzene rings is 2. The molecule has 2 aliphatic heterocycles. The first kappa shape index (κ1) is 30.8. The minimum atomic E-state index is -5.87. The second-order valence-electron chi connectivity index (χ2n) is 10.9. The Morgan fingerprint density at radius 1 is 0.833 bits per heavy atom. The molecule has 0 radical (unpaired) electrons. The highest BCUT2D eigenvalue weighted by atomic mass is 19.4. The first-order valence-corrected chi connectivity index (χ1v) is 13.5. The van der Waals surface area contributed by atoms with E-state index in [9.17, 15) is 39.5 Å². The predicted octanol–water partition coefficient (Wildman–Crippen LogP) is 8.54. The first-order chi connectivity index (χ1) is 19.7. The number of hydrogen-bond donors (Lipinski definition) is 0. The lowest BCUT2D eigenvalue weighted by atomic mass is 9.77. The molecule has 0 aromatic heterocycles. The maximum atomic E-state index is 14.9. The zero-order valence-electron chi connectivity index (χ0n) is 22.3. The van der Waals surface area contributed by atoms with Crippen LogP contribution in [0.25, 0.3) is 12.2 Å². The second-order valence-corrected chi connectivity index (χ2v) is 10.9. The Morgan fingerprint density at radius 2 is 1.40 bits per heavy atom. The number of hydrogen-bond acceptors (Lipinski definition) is 4. The summed E-state index contributed by atoms with van der Waals surface area (Å²) in [5, 5.41) is 0. The molecule has 2 saturated heterocycles. The molecule has 0 N–H and O–H groups in total. The van der Waals surface area contributed by atoms with Crippen LogP contribution < -0.4 is 0 Å². The van der Waals surface area contributed by atoms with Crippen molar-refractivity contribution in [3.63, 3.8) is 0 Å². The smallest absolute Gasteiger partial charge is 0.324 e. The van der Waals surface area contributed by atoms with Gasteiger partial charge in [-0.05, 0) is 79.5 Å². The van der Waals surface area contributed by atoms with Gasteiger partial charge in [0, 0.05) is 11.5 Å². The Kier molecular flexibility index (Phi) is 8.18. The SMILES string of the molecule is CCCC12COC(C3CCC(c4cc(F)c(C=Cc5cc(F)c(C(F)(F)OC(F)(F)F)c(F)c5)c(F)c4)CC3)(OC1)O2. The van der Waals surface area contributed by atoms with Crippen LogP contribution in [0, 0.1) is 29.2 Å². The largest absolute Gasteiger partial charge is 0.527 e. The Bertz CT molecular complexity index is 1300. The maximum Gasteiger partial charge on any atom is 0.527 e. The molecule has 13 heteroatoms. The van der Waals surface area contributed by atoms with Crippen molar-refractivity contribution in [1.29, 1.82) is 0 Å². The van der Waals surface area contributed by atoms with Crippen LogP contribution in [0.3, 0.4) is 0 Å². The average molecular weight is 611 g/mol. The lowest BCUT2D eigenvalue weighted by Gasteiger charge is -2.37. The molecule has 2 aromatic rings. The van der Waals surface area contributed by atoms with Gasteiger partial charge in [-0.2, -0.15) is 8.78 Å². The van der Waals surface area contributed by atoms with Crippen LogP contribution in [0.1, 0.15) is 73.6 Å². The zero-order valence-corrected chi connectivity index (χ0v) is 22.3. The van der Waals surface area contributed by atoms with E-state index >= 15 is 0 Å². The average Bonchev–Trinajstić information content (AvgIpc) is 3.44. The summed E-state index contributed by atoms with van der Waals surface area (Å²) in [6, 6.07) is 2.91. The molecule has 2 heterocycles. The second kappa shape index (κ2) is 11.1. The third-order valence-electron chi connectivity index (χ3n) is 7.98. The van der Waals surface area contributed by atoms with Crippen LogP contribution in [-0.2, 0) is 25.1 Å². The van der Waals surface area contributed by atoms with E-state index in [1.807, 2.05) is 0 Å². The Labute approximate surface area is 235 Å². The van der Waals surface area contributed by atoms with Gasteiger partial charge >= 0.3 is 12.5 Å². The van der Waals surface area contributed by atoms with E-state index in [0.717, 1.165) is 37.1 Å². The predicted molar refractivity (Wildman–Crippen MR) is 131 cm³/mol. The zero-order chi connectivity index (χ0) is 30.5. The van der Waals surface area contributed by atoms with Gasteiger partial charge in [-0.1, -0.05) is 19.4 Å². The van der Waals surface area contributed by atoms with Crippen LogP contribution in [0.2, 0.25) is 0 Å². The van der Waals surface area contributed by atoms with Gasteiger partial charge < -0.3 is 14.2 Å². The van der Waals surface area contributed by atoms with Gasteiger partial charge in [0.05, 0.1) is 13.2 Å². The molecule has 1 aliphatic carbocycles. The molecule has 0 unspecified atom stereocenters. The van der Waals surface area contributed by atoms with Gasteiger partial charge in [-0.15, -0.1) is 13.2 Å². The summed E-state index contributed by atoms with van der Waals surface area (Å²) in [5.41, 5.74) is -3.27. The van der Waals surface area contributed by atoms with Gasteiger partial charge in [0.25, 0.3) is 5.97 Å². The van der Waals surface area contributed by atoms with Crippen LogP contribution in [0.4, 0.5) is 39.5 Å². The minimum Gasteiger partial charge on any atom is -0.324 e. The minimum absolute atomic E-state index is 0.0287. The van der Waals surface area contributed by atoms with E-state index in [4.69, 9.17) is 14.2 Å². The summed E-state index contributed by atoms with van der Waals surface area (Å²) in [7, 11) is 0. The van der Waals surface area contributed by atoms with Crippen molar-refractivity contribution < 1.29 is 58.5 Å². The molecule has 4 nitrogen and oxygen atoms in total. The summed E-state index contributed by atoms with van der Waals surface area (Å²) in [4.78, 5) is 0. The van der Waals surface area contributed by atoms with E-state index in [0.29, 0.717) is 56.6 Å². The number of alkyl halides is 5. The molecule has 2 bridgehead atoms. The highest BCUT2D eigenvalue weighted by Gasteiger charge is 2.62. The van der Waals surface area contributed by atoms with Crippen molar-refractivity contribution in [3.05, 3.63) is 69.8 Å². The molecular formula is C29H27F9O4. The summed E-state index contributed by atoms with van der Waals surface area (Å²) < 4.78 is 143. The van der Waals surface area contributed by atoms with Crippen molar-refractivity contribution in [1.82, 2.24) is 0 Å².